The second-order valence-electron chi connectivity index (χ2n) is 9.68. The van der Waals surface area contributed by atoms with Gasteiger partial charge in [0.05, 0.1) is 24.6 Å². The summed E-state index contributed by atoms with van der Waals surface area (Å²) in [7, 11) is -0.970. The third-order valence-electron chi connectivity index (χ3n) is 6.62. The zero-order valence-electron chi connectivity index (χ0n) is 23.6. The van der Waals surface area contributed by atoms with Crippen molar-refractivity contribution < 1.29 is 35.9 Å². The van der Waals surface area contributed by atoms with Crippen molar-refractivity contribution in [2.45, 2.75) is 38.0 Å². The van der Waals surface area contributed by atoms with Gasteiger partial charge in [-0.1, -0.05) is 48.5 Å². The lowest BCUT2D eigenvalue weighted by Gasteiger charge is -2.31. The van der Waals surface area contributed by atoms with Crippen LogP contribution in [-0.2, 0) is 38.8 Å². The Morgan fingerprint density at radius 2 is 1.62 bits per heavy atom. The summed E-state index contributed by atoms with van der Waals surface area (Å²) in [4.78, 5) is 28.2. The van der Waals surface area contributed by atoms with Crippen LogP contribution in [0.2, 0.25) is 0 Å². The second kappa shape index (κ2) is 14.2. The number of carbonyl (C=O) groups excluding carboxylic acids is 2. The molecule has 0 spiro atoms. The molecule has 0 fully saturated rings. The molecule has 2 amide bonds. The van der Waals surface area contributed by atoms with Crippen molar-refractivity contribution in [2.75, 3.05) is 31.3 Å². The smallest absolute Gasteiger partial charge is 0.416 e. The van der Waals surface area contributed by atoms with E-state index in [0.717, 1.165) is 34.3 Å². The number of nitrogens with zero attached hydrogens (tertiary/aromatic N) is 2. The number of hydrogen-bond acceptors (Lipinski definition) is 5. The van der Waals surface area contributed by atoms with Crippen molar-refractivity contribution >= 4 is 27.5 Å². The summed E-state index contributed by atoms with van der Waals surface area (Å²) < 4.78 is 71.0. The van der Waals surface area contributed by atoms with Crippen LogP contribution in [0.25, 0.3) is 0 Å². The van der Waals surface area contributed by atoms with E-state index in [1.807, 2.05) is 30.3 Å². The SMILES string of the molecule is CNC(=O)[C@H](Cc1ccccc1)N(Cc1cccc(OC)c1)C(=O)CCCN(c1cccc(C(F)(F)F)c1)S(C)(=O)=O. The van der Waals surface area contributed by atoms with Gasteiger partial charge in [-0.3, -0.25) is 13.9 Å². The molecule has 0 aliphatic carbocycles. The van der Waals surface area contributed by atoms with Crippen LogP contribution >= 0.6 is 0 Å². The van der Waals surface area contributed by atoms with Crippen LogP contribution in [0.4, 0.5) is 18.9 Å². The molecule has 0 saturated carbocycles. The number of nitrogens with one attached hydrogen (secondary N) is 1. The molecule has 0 radical (unpaired) electrons. The van der Waals surface area contributed by atoms with E-state index in [0.29, 0.717) is 11.3 Å². The largest absolute Gasteiger partial charge is 0.497 e. The van der Waals surface area contributed by atoms with Crippen molar-refractivity contribution in [2.24, 2.45) is 0 Å². The normalized spacial score (nSPS) is 12.3. The minimum absolute atomic E-state index is 0.00254. The molecule has 1 atom stereocenters. The number of hydrogen-bond donors (Lipinski definition) is 1. The Labute approximate surface area is 244 Å². The van der Waals surface area contributed by atoms with Crippen LogP contribution in [0.3, 0.4) is 0 Å². The van der Waals surface area contributed by atoms with Gasteiger partial charge in [0.25, 0.3) is 0 Å². The number of alkyl halides is 3. The maximum atomic E-state index is 13.7. The highest BCUT2D eigenvalue weighted by atomic mass is 32.2. The highest BCUT2D eigenvalue weighted by Gasteiger charge is 2.32. The molecule has 226 valence electrons. The molecule has 3 aromatic carbocycles. The van der Waals surface area contributed by atoms with Crippen molar-refractivity contribution in [1.82, 2.24) is 10.2 Å². The summed E-state index contributed by atoms with van der Waals surface area (Å²) in [5, 5.41) is 2.63. The monoisotopic (exact) mass is 605 g/mol. The van der Waals surface area contributed by atoms with Gasteiger partial charge in [0.15, 0.2) is 0 Å². The molecule has 0 aliphatic rings. The van der Waals surface area contributed by atoms with Crippen molar-refractivity contribution in [3.05, 3.63) is 95.6 Å². The molecule has 0 bridgehead atoms. The fourth-order valence-electron chi connectivity index (χ4n) is 4.53. The maximum absolute atomic E-state index is 13.7. The van der Waals surface area contributed by atoms with Crippen molar-refractivity contribution in [1.29, 1.82) is 0 Å². The van der Waals surface area contributed by atoms with E-state index in [4.69, 9.17) is 4.74 Å². The summed E-state index contributed by atoms with van der Waals surface area (Å²) in [6.07, 6.45) is -3.68. The first kappa shape index (κ1) is 32.5. The number of halogens is 3. The molecule has 0 heterocycles. The molecule has 3 rings (SSSR count). The Morgan fingerprint density at radius 3 is 2.24 bits per heavy atom. The summed E-state index contributed by atoms with van der Waals surface area (Å²) >= 11 is 0. The molecule has 3 aromatic rings. The van der Waals surface area contributed by atoms with E-state index >= 15 is 0 Å². The van der Waals surface area contributed by atoms with Gasteiger partial charge >= 0.3 is 6.18 Å². The van der Waals surface area contributed by atoms with Crippen LogP contribution in [0.15, 0.2) is 78.9 Å². The van der Waals surface area contributed by atoms with Gasteiger partial charge in [0, 0.05) is 33.0 Å². The number of amides is 2. The number of anilines is 1. The van der Waals surface area contributed by atoms with E-state index in [1.165, 1.54) is 25.1 Å². The van der Waals surface area contributed by atoms with Crippen molar-refractivity contribution in [3.8, 4) is 5.75 Å². The van der Waals surface area contributed by atoms with E-state index < -0.39 is 33.7 Å². The molecular formula is C30H34F3N3O5S. The molecule has 1 N–H and O–H groups in total. The van der Waals surface area contributed by atoms with Crippen LogP contribution in [0.5, 0.6) is 5.75 Å². The Bertz CT molecular complexity index is 1470. The molecule has 12 heteroatoms. The predicted molar refractivity (Wildman–Crippen MR) is 154 cm³/mol. The van der Waals surface area contributed by atoms with Crippen LogP contribution in [0.1, 0.15) is 29.5 Å². The minimum atomic E-state index is -4.65. The maximum Gasteiger partial charge on any atom is 0.416 e. The first-order valence-corrected chi connectivity index (χ1v) is 15.0. The molecule has 0 saturated heterocycles. The quantitative estimate of drug-likeness (QED) is 0.306. The number of carbonyl (C=O) groups is 2. The third kappa shape index (κ3) is 8.97. The number of benzene rings is 3. The number of likely N-dealkylation sites (N-methyl/N-ethyl adjacent to an activating group) is 1. The fraction of sp³-hybridized carbons (Fsp3) is 0.333. The standard InChI is InChI=1S/C30H34F3N3O5S/c1-34-29(38)27(19-22-10-5-4-6-11-22)35(21-23-12-7-15-26(18-23)41-2)28(37)16-9-17-36(42(3,39)40)25-14-8-13-24(20-25)30(31,32)33/h4-8,10-15,18,20,27H,9,16-17,19,21H2,1-3H3,(H,34,38)/t27-/m0/s1. The lowest BCUT2D eigenvalue weighted by atomic mass is 10.0. The third-order valence-corrected chi connectivity index (χ3v) is 7.81. The molecule has 0 unspecified atom stereocenters. The molecular weight excluding hydrogens is 571 g/mol. The Kier molecular flexibility index (Phi) is 11.0. The first-order valence-electron chi connectivity index (χ1n) is 13.2. The number of rotatable bonds is 13. The van der Waals surface area contributed by atoms with Crippen LogP contribution < -0.4 is 14.4 Å². The van der Waals surface area contributed by atoms with E-state index in [9.17, 15) is 31.2 Å². The highest BCUT2D eigenvalue weighted by Crippen LogP contribution is 2.32. The molecule has 42 heavy (non-hydrogen) atoms. The molecule has 0 aromatic heterocycles. The van der Waals surface area contributed by atoms with Gasteiger partial charge in [-0.25, -0.2) is 8.42 Å². The number of ether oxygens (including phenoxy) is 1. The van der Waals surface area contributed by atoms with E-state index in [-0.39, 0.29) is 43.9 Å². The van der Waals surface area contributed by atoms with E-state index in [2.05, 4.69) is 5.32 Å². The van der Waals surface area contributed by atoms with Gasteiger partial charge in [-0.05, 0) is 47.9 Å². The number of sulfonamides is 1. The van der Waals surface area contributed by atoms with Gasteiger partial charge in [0.1, 0.15) is 11.8 Å². The van der Waals surface area contributed by atoms with Gasteiger partial charge in [0.2, 0.25) is 21.8 Å². The predicted octanol–water partition coefficient (Wildman–Crippen LogP) is 4.65. The lowest BCUT2D eigenvalue weighted by molar-refractivity contribution is -0.141. The van der Waals surface area contributed by atoms with Crippen molar-refractivity contribution in [3.63, 3.8) is 0 Å². The Morgan fingerprint density at radius 1 is 0.952 bits per heavy atom. The lowest BCUT2D eigenvalue weighted by Crippen LogP contribution is -2.49. The highest BCUT2D eigenvalue weighted by molar-refractivity contribution is 7.92. The van der Waals surface area contributed by atoms with Gasteiger partial charge in [-0.2, -0.15) is 13.2 Å². The first-order chi connectivity index (χ1) is 19.8. The van der Waals surface area contributed by atoms with Gasteiger partial charge < -0.3 is 15.0 Å². The average molecular weight is 606 g/mol. The Balaban J connectivity index is 1.87. The Hall–Kier alpha value is -4.06. The average Bonchev–Trinajstić information content (AvgIpc) is 2.96. The topological polar surface area (TPSA) is 96.0 Å². The van der Waals surface area contributed by atoms with Gasteiger partial charge in [-0.15, -0.1) is 0 Å². The van der Waals surface area contributed by atoms with E-state index in [1.54, 1.807) is 24.3 Å². The van der Waals surface area contributed by atoms with Crippen LogP contribution in [-0.4, -0.2) is 58.1 Å². The molecule has 0 aliphatic heterocycles. The van der Waals surface area contributed by atoms with Crippen LogP contribution in [0, 0.1) is 0 Å². The summed E-state index contributed by atoms with van der Waals surface area (Å²) in [6.45, 7) is -0.160. The second-order valence-corrected chi connectivity index (χ2v) is 11.6. The minimum Gasteiger partial charge on any atom is -0.497 e. The summed E-state index contributed by atoms with van der Waals surface area (Å²) in [5.41, 5.74) is 0.414. The zero-order chi connectivity index (χ0) is 30.9. The summed E-state index contributed by atoms with van der Waals surface area (Å²) in [5.74, 6) is -0.221. The zero-order valence-corrected chi connectivity index (χ0v) is 24.4. The number of methoxy groups -OCH3 is 1. The summed E-state index contributed by atoms with van der Waals surface area (Å²) in [6, 6.07) is 19.4. The molecule has 8 nitrogen and oxygen atoms in total. The fourth-order valence-corrected chi connectivity index (χ4v) is 5.49.